The zero-order valence-corrected chi connectivity index (χ0v) is 81.4. The van der Waals surface area contributed by atoms with Crippen LogP contribution in [0.15, 0.2) is 273 Å². The van der Waals surface area contributed by atoms with Gasteiger partial charge in [-0.05, 0) is 70.8 Å². The number of hydrogen-bond acceptors (Lipinski definition) is 0. The van der Waals surface area contributed by atoms with Crippen molar-refractivity contribution in [1.29, 1.82) is 0 Å². The van der Waals surface area contributed by atoms with Crippen LogP contribution in [0.25, 0.3) is 10.8 Å². The topological polar surface area (TPSA) is 0 Å². The molecule has 11 aromatic rings. The van der Waals surface area contributed by atoms with E-state index in [-0.39, 0.29) is 114 Å². The molecule has 105 heavy (non-hydrogen) atoms. The molecule has 569 valence electrons. The van der Waals surface area contributed by atoms with Crippen molar-refractivity contribution in [2.24, 2.45) is 0 Å². The molecule has 0 heterocycles. The predicted octanol–water partition coefficient (Wildman–Crippen LogP) is 31.8. The minimum Gasteiger partial charge on any atom is -0.180 e. The van der Waals surface area contributed by atoms with Crippen LogP contribution < -0.4 is 0 Å². The van der Waals surface area contributed by atoms with E-state index in [0.717, 1.165) is 0 Å². The van der Waals surface area contributed by atoms with Crippen LogP contribution >= 0.6 is 0 Å². The molecule has 0 bridgehead atoms. The first-order valence-electron chi connectivity index (χ1n) is 38.9. The SMILES string of the molecule is CC.CC.CC.CC.CC.CC.CC.CC.CC.CC.CC.CC(C)(c1[c-]cccc1)c1[c-]cccc1.CC(C)(c1[c-]cccc1)c1[c-]cccc1.CC(C)(c1[c-]cccc1)c1[c-]cccc1.CC1(C)Cc2cccc3cccc1c23.Cc1ccccc1.Cc1ccccc1.Cc1ccccc1.[Y].[Y].[Y]. The summed E-state index contributed by atoms with van der Waals surface area (Å²) in [6.07, 6.45) is 1.18. The molecule has 0 nitrogen and oxygen atoms in total. The van der Waals surface area contributed by atoms with Crippen molar-refractivity contribution >= 4 is 10.8 Å². The molecule has 0 aliphatic heterocycles. The van der Waals surface area contributed by atoms with Crippen molar-refractivity contribution in [2.75, 3.05) is 0 Å². The largest absolute Gasteiger partial charge is 0.180 e. The summed E-state index contributed by atoms with van der Waals surface area (Å²) in [6.45, 7) is 68.1. The molecular weight excluding hydrogens is 1490 g/mol. The van der Waals surface area contributed by atoms with Gasteiger partial charge in [-0.3, -0.25) is 0 Å². The van der Waals surface area contributed by atoms with Gasteiger partial charge in [0.1, 0.15) is 0 Å². The first kappa shape index (κ1) is 118. The molecular formula is C102H146Y3-6. The monoisotopic (exact) mass is 1640 g/mol. The Morgan fingerprint density at radius 2 is 0.429 bits per heavy atom. The van der Waals surface area contributed by atoms with Gasteiger partial charge < -0.3 is 0 Å². The molecule has 12 rings (SSSR count). The second-order valence-electron chi connectivity index (χ2n) is 22.4. The zero-order chi connectivity index (χ0) is 79.3. The Morgan fingerprint density at radius 3 is 0.600 bits per heavy atom. The second-order valence-corrected chi connectivity index (χ2v) is 22.4. The molecule has 0 N–H and O–H groups in total. The quantitative estimate of drug-likeness (QED) is 0.146. The van der Waals surface area contributed by atoms with Gasteiger partial charge in [0.25, 0.3) is 0 Å². The van der Waals surface area contributed by atoms with Crippen LogP contribution in [0, 0.1) is 57.2 Å². The maximum absolute atomic E-state index is 3.29. The molecule has 1 aliphatic carbocycles. The predicted molar refractivity (Wildman–Crippen MR) is 467 cm³/mol. The van der Waals surface area contributed by atoms with Crippen LogP contribution in [-0.4, -0.2) is 0 Å². The van der Waals surface area contributed by atoms with Crippen LogP contribution in [0.2, 0.25) is 0 Å². The van der Waals surface area contributed by atoms with Gasteiger partial charge in [0.05, 0.1) is 0 Å². The van der Waals surface area contributed by atoms with Crippen LogP contribution in [-0.2, 0) is 126 Å². The second kappa shape index (κ2) is 78.6. The fraction of sp³-hybridized carbons (Fsp3) is 0.373. The van der Waals surface area contributed by atoms with E-state index in [2.05, 4.69) is 258 Å². The van der Waals surface area contributed by atoms with Gasteiger partial charge in [-0.25, -0.2) is 0 Å². The molecule has 0 saturated carbocycles. The molecule has 0 atom stereocenters. The summed E-state index contributed by atoms with van der Waals surface area (Å²) in [5, 5.41) is 2.89. The number of hydrogen-bond donors (Lipinski definition) is 0. The average Bonchev–Trinajstić information content (AvgIpc) is 1.61. The summed E-state index contributed by atoms with van der Waals surface area (Å²) in [5.41, 5.74) is 14.5. The third-order valence-corrected chi connectivity index (χ3v) is 14.5. The minimum atomic E-state index is -0.0253. The van der Waals surface area contributed by atoms with Crippen LogP contribution in [0.3, 0.4) is 0 Å². The average molecular weight is 1640 g/mol. The normalized spacial score (nSPS) is 9.57. The fourth-order valence-electron chi connectivity index (χ4n) is 9.43. The van der Waals surface area contributed by atoms with Crippen molar-refractivity contribution in [3.8, 4) is 0 Å². The number of rotatable bonds is 6. The molecule has 3 heteroatoms. The molecule has 0 amide bonds. The standard InChI is InChI=1S/3C15H14.C14H14.3C7H8.11C2H6.3Y/c3*1-15(2,13-9-5-3-6-10-13)14-11-7-4-8-12-14;1-14(2)9-11-7-3-5-10-6-4-8-12(14)13(10)11;3*1-7-5-3-2-4-6-7;11*1-2;;;/h3*3-9,11H,1-2H3;3-8H,9H2,1-2H3;3*2-6H,1H3;11*1-2H3;;;/q3*-2;;;;;;;;;;;;;;;;;;. The minimum absolute atomic E-state index is 0. The Hall–Kier alpha value is -5.01. The van der Waals surface area contributed by atoms with Gasteiger partial charge in [-0.1, -0.05) is 352 Å². The zero-order valence-electron chi connectivity index (χ0n) is 72.9. The Kier molecular flexibility index (Phi) is 88.6. The van der Waals surface area contributed by atoms with E-state index in [1.807, 2.05) is 280 Å². The Balaban J connectivity index is -0.000000141. The third kappa shape index (κ3) is 48.9. The van der Waals surface area contributed by atoms with E-state index < -0.39 is 0 Å². The van der Waals surface area contributed by atoms with E-state index >= 15 is 0 Å². The van der Waals surface area contributed by atoms with Gasteiger partial charge in [0.2, 0.25) is 0 Å². The van der Waals surface area contributed by atoms with Gasteiger partial charge in [0, 0.05) is 98.1 Å². The van der Waals surface area contributed by atoms with E-state index in [1.54, 1.807) is 0 Å². The van der Waals surface area contributed by atoms with Crippen molar-refractivity contribution < 1.29 is 98.1 Å². The Bertz CT molecular complexity index is 2990. The van der Waals surface area contributed by atoms with Gasteiger partial charge in [0.15, 0.2) is 0 Å². The molecule has 1 aliphatic rings. The number of aryl methyl sites for hydroxylation is 3. The van der Waals surface area contributed by atoms with E-state index in [4.69, 9.17) is 0 Å². The van der Waals surface area contributed by atoms with Crippen molar-refractivity contribution in [3.63, 3.8) is 0 Å². The summed E-state index contributed by atoms with van der Waals surface area (Å²) in [4.78, 5) is 0. The van der Waals surface area contributed by atoms with Gasteiger partial charge in [-0.2, -0.15) is 215 Å². The first-order chi connectivity index (χ1) is 49.5. The smallest absolute Gasteiger partial charge is 0 e. The summed E-state index contributed by atoms with van der Waals surface area (Å²) in [5.74, 6) is 0. The van der Waals surface area contributed by atoms with E-state index in [9.17, 15) is 0 Å². The molecule has 0 fully saturated rings. The summed E-state index contributed by atoms with van der Waals surface area (Å²) in [6, 6.07) is 113. The maximum atomic E-state index is 3.29. The molecule has 11 aromatic carbocycles. The van der Waals surface area contributed by atoms with Crippen LogP contribution in [0.5, 0.6) is 0 Å². The van der Waals surface area contributed by atoms with E-state index in [1.165, 1.54) is 78.4 Å². The number of benzene rings is 11. The Morgan fingerprint density at radius 1 is 0.238 bits per heavy atom. The first-order valence-corrected chi connectivity index (χ1v) is 38.9. The van der Waals surface area contributed by atoms with Gasteiger partial charge >= 0.3 is 0 Å². The van der Waals surface area contributed by atoms with Gasteiger partial charge in [-0.15, -0.1) is 0 Å². The van der Waals surface area contributed by atoms with Crippen molar-refractivity contribution in [3.05, 3.63) is 371 Å². The molecule has 0 unspecified atom stereocenters. The molecule has 0 spiro atoms. The molecule has 0 saturated heterocycles. The fourth-order valence-corrected chi connectivity index (χ4v) is 9.43. The summed E-state index contributed by atoms with van der Waals surface area (Å²) >= 11 is 0. The molecule has 0 aromatic heterocycles. The summed E-state index contributed by atoms with van der Waals surface area (Å²) in [7, 11) is 0. The van der Waals surface area contributed by atoms with E-state index in [0.29, 0.717) is 5.41 Å². The van der Waals surface area contributed by atoms with Crippen molar-refractivity contribution in [1.82, 2.24) is 0 Å². The third-order valence-electron chi connectivity index (χ3n) is 14.5. The van der Waals surface area contributed by atoms with Crippen LogP contribution in [0.1, 0.15) is 269 Å². The molecule has 3 radical (unpaired) electrons. The van der Waals surface area contributed by atoms with Crippen molar-refractivity contribution in [2.45, 2.75) is 257 Å². The van der Waals surface area contributed by atoms with Crippen LogP contribution in [0.4, 0.5) is 0 Å². The summed E-state index contributed by atoms with van der Waals surface area (Å²) < 4.78 is 0. The Labute approximate surface area is 728 Å². The maximum Gasteiger partial charge on any atom is 0 e.